The van der Waals surface area contributed by atoms with Crippen LogP contribution in [0.5, 0.6) is 5.75 Å². The van der Waals surface area contributed by atoms with Crippen molar-refractivity contribution >= 4 is 27.7 Å². The van der Waals surface area contributed by atoms with Crippen LogP contribution in [-0.4, -0.2) is 5.97 Å². The molecule has 0 saturated carbocycles. The largest absolute Gasteiger partial charge is 0.427 e. The lowest BCUT2D eigenvalue weighted by Gasteiger charge is -2.05. The average Bonchev–Trinajstić information content (AvgIpc) is 2.37. The van der Waals surface area contributed by atoms with Crippen LogP contribution in [0.3, 0.4) is 0 Å². The summed E-state index contributed by atoms with van der Waals surface area (Å²) < 4.78 is 10.3. The molecule has 3 aromatic rings. The third kappa shape index (κ3) is 2.05. The third-order valence-electron chi connectivity index (χ3n) is 3.10. The standard InChI is InChI=1S/C16H12O4/c1-9-3-5-13-14(7-9)12-6-4-11(19-10(2)17)8-15(12)20-16(13)18/h3-8H,1-2H3. The highest BCUT2D eigenvalue weighted by Gasteiger charge is 2.09. The van der Waals surface area contributed by atoms with E-state index in [4.69, 9.17) is 9.15 Å². The second-order valence-electron chi connectivity index (χ2n) is 4.69. The van der Waals surface area contributed by atoms with E-state index < -0.39 is 11.6 Å². The number of esters is 1. The molecular weight excluding hydrogens is 256 g/mol. The number of carbonyl (C=O) groups excluding carboxylic acids is 1. The van der Waals surface area contributed by atoms with Crippen LogP contribution in [0.25, 0.3) is 21.7 Å². The van der Waals surface area contributed by atoms with E-state index in [1.165, 1.54) is 6.92 Å². The molecule has 0 aliphatic rings. The van der Waals surface area contributed by atoms with Gasteiger partial charge in [-0.05, 0) is 25.1 Å². The van der Waals surface area contributed by atoms with Gasteiger partial charge in [0.15, 0.2) is 0 Å². The van der Waals surface area contributed by atoms with Crippen molar-refractivity contribution in [2.75, 3.05) is 0 Å². The minimum atomic E-state index is -0.414. The number of hydrogen-bond acceptors (Lipinski definition) is 4. The summed E-state index contributed by atoms with van der Waals surface area (Å²) in [4.78, 5) is 22.9. The van der Waals surface area contributed by atoms with Gasteiger partial charge in [-0.1, -0.05) is 17.7 Å². The number of rotatable bonds is 1. The van der Waals surface area contributed by atoms with Crippen LogP contribution in [0, 0.1) is 6.92 Å². The van der Waals surface area contributed by atoms with Crippen LogP contribution in [0.15, 0.2) is 45.6 Å². The van der Waals surface area contributed by atoms with Gasteiger partial charge in [-0.25, -0.2) is 4.79 Å². The van der Waals surface area contributed by atoms with E-state index in [2.05, 4.69) is 0 Å². The molecule has 20 heavy (non-hydrogen) atoms. The van der Waals surface area contributed by atoms with Crippen molar-refractivity contribution in [2.45, 2.75) is 13.8 Å². The molecule has 2 aromatic carbocycles. The Morgan fingerprint density at radius 1 is 1.05 bits per heavy atom. The Morgan fingerprint density at radius 3 is 2.55 bits per heavy atom. The molecule has 0 saturated heterocycles. The molecule has 0 N–H and O–H groups in total. The van der Waals surface area contributed by atoms with Gasteiger partial charge in [0.1, 0.15) is 11.3 Å². The molecular formula is C16H12O4. The number of fused-ring (bicyclic) bond motifs is 3. The number of aryl methyl sites for hydroxylation is 1. The highest BCUT2D eigenvalue weighted by Crippen LogP contribution is 2.27. The summed E-state index contributed by atoms with van der Waals surface area (Å²) in [5.41, 5.74) is 1.08. The lowest BCUT2D eigenvalue weighted by Crippen LogP contribution is -2.02. The second kappa shape index (κ2) is 4.49. The van der Waals surface area contributed by atoms with Gasteiger partial charge in [-0.3, -0.25) is 4.79 Å². The Bertz CT molecular complexity index is 890. The quantitative estimate of drug-likeness (QED) is 0.294. The van der Waals surface area contributed by atoms with Crippen molar-refractivity contribution in [1.82, 2.24) is 0 Å². The molecule has 1 heterocycles. The lowest BCUT2D eigenvalue weighted by atomic mass is 10.1. The number of ether oxygens (including phenoxy) is 1. The average molecular weight is 268 g/mol. The molecule has 0 spiro atoms. The molecule has 0 aliphatic heterocycles. The van der Waals surface area contributed by atoms with E-state index in [9.17, 15) is 9.59 Å². The Kier molecular flexibility index (Phi) is 2.79. The smallest absolute Gasteiger partial charge is 0.344 e. The van der Waals surface area contributed by atoms with Crippen molar-refractivity contribution in [3.05, 3.63) is 52.4 Å². The first kappa shape index (κ1) is 12.4. The van der Waals surface area contributed by atoms with Crippen molar-refractivity contribution in [1.29, 1.82) is 0 Å². The summed E-state index contributed by atoms with van der Waals surface area (Å²) in [5, 5.41) is 2.20. The number of hydrogen-bond donors (Lipinski definition) is 0. The van der Waals surface area contributed by atoms with Crippen LogP contribution < -0.4 is 10.4 Å². The summed E-state index contributed by atoms with van der Waals surface area (Å²) in [6, 6.07) is 10.6. The van der Waals surface area contributed by atoms with Crippen molar-refractivity contribution in [2.24, 2.45) is 0 Å². The summed E-state index contributed by atoms with van der Waals surface area (Å²) in [7, 11) is 0. The third-order valence-corrected chi connectivity index (χ3v) is 3.10. The van der Waals surface area contributed by atoms with E-state index in [0.29, 0.717) is 16.7 Å². The van der Waals surface area contributed by atoms with E-state index in [0.717, 1.165) is 16.3 Å². The molecule has 1 aromatic heterocycles. The van der Waals surface area contributed by atoms with E-state index in [-0.39, 0.29) is 0 Å². The van der Waals surface area contributed by atoms with Crippen molar-refractivity contribution in [3.8, 4) is 5.75 Å². The van der Waals surface area contributed by atoms with Crippen LogP contribution in [0.4, 0.5) is 0 Å². The zero-order valence-corrected chi connectivity index (χ0v) is 11.1. The van der Waals surface area contributed by atoms with Gasteiger partial charge in [-0.2, -0.15) is 0 Å². The van der Waals surface area contributed by atoms with Gasteiger partial charge < -0.3 is 9.15 Å². The summed E-state index contributed by atoms with van der Waals surface area (Å²) in [5.74, 6) is -0.0523. The van der Waals surface area contributed by atoms with Gasteiger partial charge in [0.05, 0.1) is 5.39 Å². The Morgan fingerprint density at radius 2 is 1.80 bits per heavy atom. The molecule has 0 bridgehead atoms. The maximum absolute atomic E-state index is 12.0. The summed E-state index contributed by atoms with van der Waals surface area (Å²) >= 11 is 0. The zero-order valence-electron chi connectivity index (χ0n) is 11.1. The van der Waals surface area contributed by atoms with Crippen LogP contribution in [0.1, 0.15) is 12.5 Å². The first-order valence-corrected chi connectivity index (χ1v) is 6.20. The molecule has 0 unspecified atom stereocenters. The van der Waals surface area contributed by atoms with E-state index in [1.807, 2.05) is 19.1 Å². The predicted octanol–water partition coefficient (Wildman–Crippen LogP) is 3.18. The number of benzene rings is 2. The Labute approximate surface area is 114 Å². The minimum Gasteiger partial charge on any atom is -0.427 e. The highest BCUT2D eigenvalue weighted by atomic mass is 16.5. The predicted molar refractivity (Wildman–Crippen MR) is 76.0 cm³/mol. The van der Waals surface area contributed by atoms with E-state index in [1.54, 1.807) is 24.3 Å². The molecule has 3 rings (SSSR count). The van der Waals surface area contributed by atoms with E-state index >= 15 is 0 Å². The van der Waals surface area contributed by atoms with Crippen LogP contribution in [-0.2, 0) is 4.79 Å². The van der Waals surface area contributed by atoms with Crippen molar-refractivity contribution < 1.29 is 13.9 Å². The van der Waals surface area contributed by atoms with Gasteiger partial charge in [0.25, 0.3) is 0 Å². The minimum absolute atomic E-state index is 0.361. The molecule has 4 heteroatoms. The molecule has 0 amide bonds. The Hall–Kier alpha value is -2.62. The van der Waals surface area contributed by atoms with Crippen LogP contribution >= 0.6 is 0 Å². The molecule has 4 nitrogen and oxygen atoms in total. The zero-order chi connectivity index (χ0) is 14.3. The highest BCUT2D eigenvalue weighted by molar-refractivity contribution is 6.04. The fourth-order valence-electron chi connectivity index (χ4n) is 2.25. The fraction of sp³-hybridized carbons (Fsp3) is 0.125. The normalized spacial score (nSPS) is 10.9. The maximum atomic E-state index is 12.0. The topological polar surface area (TPSA) is 56.5 Å². The number of carbonyl (C=O) groups is 1. The molecule has 0 atom stereocenters. The fourth-order valence-corrected chi connectivity index (χ4v) is 2.25. The molecule has 0 aliphatic carbocycles. The maximum Gasteiger partial charge on any atom is 0.344 e. The second-order valence-corrected chi connectivity index (χ2v) is 4.69. The lowest BCUT2D eigenvalue weighted by molar-refractivity contribution is -0.131. The van der Waals surface area contributed by atoms with Crippen molar-refractivity contribution in [3.63, 3.8) is 0 Å². The molecule has 0 radical (unpaired) electrons. The monoisotopic (exact) mass is 268 g/mol. The molecule has 100 valence electrons. The van der Waals surface area contributed by atoms with Gasteiger partial charge in [0, 0.05) is 23.8 Å². The SMILES string of the molecule is CC(=O)Oc1ccc2c(c1)oc(=O)c1ccc(C)cc12. The first-order valence-electron chi connectivity index (χ1n) is 6.20. The summed E-state index contributed by atoms with van der Waals surface area (Å²) in [6.45, 7) is 3.29. The molecule has 0 fully saturated rings. The van der Waals surface area contributed by atoms with Gasteiger partial charge >= 0.3 is 11.6 Å². The Balaban J connectivity index is 2.35. The first-order chi connectivity index (χ1) is 9.54. The van der Waals surface area contributed by atoms with Gasteiger partial charge in [0.2, 0.25) is 0 Å². The van der Waals surface area contributed by atoms with Crippen LogP contribution in [0.2, 0.25) is 0 Å². The summed E-state index contributed by atoms with van der Waals surface area (Å²) in [6.07, 6.45) is 0. The van der Waals surface area contributed by atoms with Gasteiger partial charge in [-0.15, -0.1) is 0 Å².